The van der Waals surface area contributed by atoms with Gasteiger partial charge >= 0.3 is 5.63 Å². The molecule has 0 fully saturated rings. The van der Waals surface area contributed by atoms with E-state index in [4.69, 9.17) is 4.42 Å². The van der Waals surface area contributed by atoms with E-state index in [1.807, 2.05) is 67.8 Å². The minimum Gasteiger partial charge on any atom is -0.422 e. The number of benzene rings is 2. The summed E-state index contributed by atoms with van der Waals surface area (Å²) < 4.78 is 7.58. The van der Waals surface area contributed by atoms with Crippen molar-refractivity contribution in [1.82, 2.24) is 14.8 Å². The minimum absolute atomic E-state index is 0.333. The molecule has 0 radical (unpaired) electrons. The largest absolute Gasteiger partial charge is 0.422 e. The molecule has 0 atom stereocenters. The Balaban J connectivity index is 1.57. The summed E-state index contributed by atoms with van der Waals surface area (Å²) >= 11 is 3.19. The monoisotopic (exact) mass is 445 g/mol. The number of nitrogens with zero attached hydrogens (tertiary/aromatic N) is 3. The molecule has 0 bridgehead atoms. The molecule has 3 heterocycles. The van der Waals surface area contributed by atoms with E-state index in [2.05, 4.69) is 20.8 Å². The third-order valence-electron chi connectivity index (χ3n) is 5.26. The summed E-state index contributed by atoms with van der Waals surface area (Å²) in [6, 6.07) is 19.8. The maximum absolute atomic E-state index is 12.2. The van der Waals surface area contributed by atoms with Crippen molar-refractivity contribution >= 4 is 34.1 Å². The zero-order chi connectivity index (χ0) is 21.4. The molecule has 154 valence electrons. The molecule has 0 aliphatic carbocycles. The van der Waals surface area contributed by atoms with Crippen LogP contribution in [0.2, 0.25) is 0 Å². The Kier molecular flexibility index (Phi) is 5.21. The molecule has 5 rings (SSSR count). The van der Waals surface area contributed by atoms with Crippen LogP contribution in [0.25, 0.3) is 27.4 Å². The Bertz CT molecular complexity index is 1420. The fourth-order valence-electron chi connectivity index (χ4n) is 3.52. The third-order valence-corrected chi connectivity index (χ3v) is 7.11. The standard InChI is InChI=1S/C24H19N3O2S2/c1-15-10-11-19-17(13-21(28)29-22(19)16(15)2)14-31-24-26-25-23(20-9-6-12-30-20)27(24)18-7-4-3-5-8-18/h3-13H,14H2,1-2H3. The molecule has 0 saturated heterocycles. The molecule has 0 aliphatic rings. The predicted molar refractivity (Wildman–Crippen MR) is 126 cm³/mol. The van der Waals surface area contributed by atoms with Crippen molar-refractivity contribution in [3.63, 3.8) is 0 Å². The Labute approximate surface area is 187 Å². The van der Waals surface area contributed by atoms with Gasteiger partial charge in [0.15, 0.2) is 11.0 Å². The van der Waals surface area contributed by atoms with Gasteiger partial charge in [-0.1, -0.05) is 48.2 Å². The average molecular weight is 446 g/mol. The first-order valence-electron chi connectivity index (χ1n) is 9.82. The molecule has 7 heteroatoms. The van der Waals surface area contributed by atoms with Gasteiger partial charge in [-0.2, -0.15) is 0 Å². The second kappa shape index (κ2) is 8.17. The van der Waals surface area contributed by atoms with Crippen molar-refractivity contribution in [2.45, 2.75) is 24.8 Å². The van der Waals surface area contributed by atoms with Crippen LogP contribution in [0.15, 0.2) is 80.4 Å². The molecule has 31 heavy (non-hydrogen) atoms. The van der Waals surface area contributed by atoms with Gasteiger partial charge in [-0.05, 0) is 54.1 Å². The van der Waals surface area contributed by atoms with Crippen LogP contribution in [0.1, 0.15) is 16.7 Å². The molecule has 0 unspecified atom stereocenters. The fourth-order valence-corrected chi connectivity index (χ4v) is 5.17. The van der Waals surface area contributed by atoms with Gasteiger partial charge in [-0.15, -0.1) is 21.5 Å². The van der Waals surface area contributed by atoms with Crippen LogP contribution in [0.4, 0.5) is 0 Å². The summed E-state index contributed by atoms with van der Waals surface area (Å²) in [5.74, 6) is 1.40. The molecule has 5 nitrogen and oxygen atoms in total. The summed E-state index contributed by atoms with van der Waals surface area (Å²) in [5.41, 5.74) is 4.35. The lowest BCUT2D eigenvalue weighted by Gasteiger charge is -2.11. The minimum atomic E-state index is -0.333. The van der Waals surface area contributed by atoms with Gasteiger partial charge in [0.2, 0.25) is 0 Å². The molecule has 5 aromatic rings. The molecule has 2 aromatic carbocycles. The molecule has 0 N–H and O–H groups in total. The molecular formula is C24H19N3O2S2. The maximum atomic E-state index is 12.2. The van der Waals surface area contributed by atoms with Crippen LogP contribution in [0, 0.1) is 13.8 Å². The van der Waals surface area contributed by atoms with Gasteiger partial charge in [0.1, 0.15) is 5.58 Å². The lowest BCUT2D eigenvalue weighted by Crippen LogP contribution is -2.02. The molecule has 0 amide bonds. The fraction of sp³-hybridized carbons (Fsp3) is 0.125. The van der Waals surface area contributed by atoms with Crippen LogP contribution in [-0.2, 0) is 5.75 Å². The highest BCUT2D eigenvalue weighted by Gasteiger charge is 2.18. The van der Waals surface area contributed by atoms with Crippen LogP contribution < -0.4 is 5.63 Å². The van der Waals surface area contributed by atoms with Crippen molar-refractivity contribution < 1.29 is 4.42 Å². The van der Waals surface area contributed by atoms with Crippen LogP contribution in [0.3, 0.4) is 0 Å². The summed E-state index contributed by atoms with van der Waals surface area (Å²) in [6.07, 6.45) is 0. The van der Waals surface area contributed by atoms with Gasteiger partial charge in [-0.25, -0.2) is 4.79 Å². The van der Waals surface area contributed by atoms with E-state index in [-0.39, 0.29) is 5.63 Å². The first-order chi connectivity index (χ1) is 15.1. The lowest BCUT2D eigenvalue weighted by atomic mass is 10.0. The number of rotatable bonds is 5. The summed E-state index contributed by atoms with van der Waals surface area (Å²) in [5, 5.41) is 12.7. The Morgan fingerprint density at radius 1 is 1.03 bits per heavy atom. The molecule has 0 aliphatic heterocycles. The Morgan fingerprint density at radius 2 is 1.87 bits per heavy atom. The van der Waals surface area contributed by atoms with Crippen molar-refractivity contribution in [3.8, 4) is 16.4 Å². The summed E-state index contributed by atoms with van der Waals surface area (Å²) in [4.78, 5) is 13.3. The summed E-state index contributed by atoms with van der Waals surface area (Å²) in [7, 11) is 0. The maximum Gasteiger partial charge on any atom is 0.336 e. The number of thioether (sulfide) groups is 1. The van der Waals surface area contributed by atoms with Gasteiger partial charge in [-0.3, -0.25) is 4.57 Å². The van der Waals surface area contributed by atoms with Crippen molar-refractivity contribution in [1.29, 1.82) is 0 Å². The van der Waals surface area contributed by atoms with Gasteiger partial charge in [0.25, 0.3) is 0 Å². The zero-order valence-corrected chi connectivity index (χ0v) is 18.7. The van der Waals surface area contributed by atoms with E-state index >= 15 is 0 Å². The lowest BCUT2D eigenvalue weighted by molar-refractivity contribution is 0.557. The highest BCUT2D eigenvalue weighted by Crippen LogP contribution is 2.33. The first-order valence-corrected chi connectivity index (χ1v) is 11.7. The number of aryl methyl sites for hydroxylation is 2. The van der Waals surface area contributed by atoms with Gasteiger partial charge < -0.3 is 4.42 Å². The third kappa shape index (κ3) is 3.71. The highest BCUT2D eigenvalue weighted by molar-refractivity contribution is 7.98. The van der Waals surface area contributed by atoms with Crippen LogP contribution >= 0.6 is 23.1 Å². The second-order valence-corrected chi connectivity index (χ2v) is 9.11. The van der Waals surface area contributed by atoms with Gasteiger partial charge in [0, 0.05) is 22.9 Å². The smallest absolute Gasteiger partial charge is 0.336 e. The van der Waals surface area contributed by atoms with Crippen molar-refractivity contribution in [2.75, 3.05) is 0 Å². The van der Waals surface area contributed by atoms with E-state index in [0.29, 0.717) is 11.3 Å². The first kappa shape index (κ1) is 19.8. The Morgan fingerprint density at radius 3 is 2.65 bits per heavy atom. The van der Waals surface area contributed by atoms with E-state index in [0.717, 1.165) is 43.6 Å². The number of para-hydroxylation sites is 1. The van der Waals surface area contributed by atoms with Crippen LogP contribution in [0.5, 0.6) is 0 Å². The Hall–Kier alpha value is -3.16. The van der Waals surface area contributed by atoms with E-state index in [1.54, 1.807) is 29.2 Å². The second-order valence-electron chi connectivity index (χ2n) is 7.22. The number of fused-ring (bicyclic) bond motifs is 1. The van der Waals surface area contributed by atoms with E-state index < -0.39 is 0 Å². The number of aromatic nitrogens is 3. The van der Waals surface area contributed by atoms with Gasteiger partial charge in [0.05, 0.1) is 4.88 Å². The summed E-state index contributed by atoms with van der Waals surface area (Å²) in [6.45, 7) is 4.00. The molecule has 3 aromatic heterocycles. The van der Waals surface area contributed by atoms with Crippen LogP contribution in [-0.4, -0.2) is 14.8 Å². The molecular weight excluding hydrogens is 426 g/mol. The average Bonchev–Trinajstić information content (AvgIpc) is 3.45. The van der Waals surface area contributed by atoms with Crippen molar-refractivity contribution in [2.24, 2.45) is 0 Å². The van der Waals surface area contributed by atoms with E-state index in [1.165, 1.54) is 0 Å². The zero-order valence-electron chi connectivity index (χ0n) is 17.0. The SMILES string of the molecule is Cc1ccc2c(CSc3nnc(-c4cccs4)n3-c3ccccc3)cc(=O)oc2c1C. The normalized spacial score (nSPS) is 11.3. The highest BCUT2D eigenvalue weighted by atomic mass is 32.2. The predicted octanol–water partition coefficient (Wildman–Crippen LogP) is 6.01. The van der Waals surface area contributed by atoms with Crippen molar-refractivity contribution in [3.05, 3.63) is 93.2 Å². The number of thiophene rings is 1. The number of hydrogen-bond donors (Lipinski definition) is 0. The number of hydrogen-bond acceptors (Lipinski definition) is 6. The van der Waals surface area contributed by atoms with E-state index in [9.17, 15) is 4.79 Å². The topological polar surface area (TPSA) is 60.9 Å². The molecule has 0 spiro atoms. The molecule has 0 saturated carbocycles. The quantitative estimate of drug-likeness (QED) is 0.245.